The minimum Gasteiger partial charge on any atom is -0.458 e. The number of ketones is 1. The van der Waals surface area contributed by atoms with Crippen LogP contribution in [0.15, 0.2) is 72.8 Å². The van der Waals surface area contributed by atoms with Gasteiger partial charge >= 0.3 is 11.9 Å². The molecule has 7 rings (SSSR count). The van der Waals surface area contributed by atoms with Crippen LogP contribution in [0.25, 0.3) is 0 Å². The largest absolute Gasteiger partial charge is 0.458 e. The van der Waals surface area contributed by atoms with E-state index in [9.17, 15) is 24.6 Å². The van der Waals surface area contributed by atoms with E-state index in [1.807, 2.05) is 6.92 Å². The lowest BCUT2D eigenvalue weighted by atomic mass is 9.64. The summed E-state index contributed by atoms with van der Waals surface area (Å²) in [5.41, 5.74) is -5.11. The third-order valence-electron chi connectivity index (χ3n) is 10.7. The molecule has 43 heavy (non-hydrogen) atoms. The van der Waals surface area contributed by atoms with Gasteiger partial charge in [0.2, 0.25) is 5.79 Å². The van der Waals surface area contributed by atoms with E-state index >= 15 is 0 Å². The van der Waals surface area contributed by atoms with Crippen LogP contribution in [0.5, 0.6) is 0 Å². The van der Waals surface area contributed by atoms with Crippen molar-refractivity contribution in [1.29, 1.82) is 0 Å². The van der Waals surface area contributed by atoms with Crippen LogP contribution in [0.4, 0.5) is 0 Å². The molecule has 5 aliphatic rings. The zero-order valence-electron chi connectivity index (χ0n) is 24.4. The van der Waals surface area contributed by atoms with E-state index in [0.29, 0.717) is 17.6 Å². The van der Waals surface area contributed by atoms with Crippen molar-refractivity contribution in [3.63, 3.8) is 0 Å². The molecule has 3 saturated heterocycles. The van der Waals surface area contributed by atoms with Crippen LogP contribution in [-0.2, 0) is 23.7 Å². The fraction of sp³-hybridized carbons (Fsp3) is 0.500. The van der Waals surface area contributed by atoms with Gasteiger partial charge in [-0.15, -0.1) is 0 Å². The molecule has 0 aromatic heterocycles. The van der Waals surface area contributed by atoms with Gasteiger partial charge in [0.25, 0.3) is 0 Å². The Morgan fingerprint density at radius 2 is 1.47 bits per heavy atom. The molecule has 0 unspecified atom stereocenters. The van der Waals surface area contributed by atoms with Crippen molar-refractivity contribution in [3.05, 3.63) is 83.9 Å². The summed E-state index contributed by atoms with van der Waals surface area (Å²) < 4.78 is 25.3. The Bertz CT molecular complexity index is 1520. The minimum atomic E-state index is -2.40. The van der Waals surface area contributed by atoms with Crippen molar-refractivity contribution < 1.29 is 43.5 Å². The van der Waals surface area contributed by atoms with Crippen LogP contribution >= 0.6 is 0 Å². The number of fused-ring (bicyclic) bond motifs is 5. The molecule has 0 amide bonds. The van der Waals surface area contributed by atoms with Gasteiger partial charge < -0.3 is 29.2 Å². The SMILES string of the molecule is C=C1C[C@]23O[C@@](O)([C@@]4(O)C[C@H](C)[C@H](OC(=O)c5ccccc5)[C@@H]4[C@H]1OC(=O)c1ccccc1)[C@]1(C)O[C@](C)(CC2=O)C[C@H]31. The maximum atomic E-state index is 13.9. The Morgan fingerprint density at radius 3 is 2.07 bits per heavy atom. The second-order valence-electron chi connectivity index (χ2n) is 13.5. The number of aliphatic hydroxyl groups is 2. The van der Waals surface area contributed by atoms with Crippen LogP contribution in [0, 0.1) is 17.8 Å². The molecule has 2 saturated carbocycles. The van der Waals surface area contributed by atoms with E-state index in [2.05, 4.69) is 6.58 Å². The normalized spacial score (nSPS) is 44.3. The van der Waals surface area contributed by atoms with Gasteiger partial charge in [0, 0.05) is 18.8 Å². The molecular formula is C34H36O9. The van der Waals surface area contributed by atoms with E-state index in [-0.39, 0.29) is 30.6 Å². The van der Waals surface area contributed by atoms with E-state index in [1.54, 1.807) is 74.5 Å². The van der Waals surface area contributed by atoms with Gasteiger partial charge in [-0.1, -0.05) is 49.9 Å². The first-order valence-corrected chi connectivity index (χ1v) is 14.9. The van der Waals surface area contributed by atoms with Gasteiger partial charge in [0.1, 0.15) is 29.0 Å². The highest BCUT2D eigenvalue weighted by Crippen LogP contribution is 2.71. The molecule has 10 atom stereocenters. The fourth-order valence-electron chi connectivity index (χ4n) is 8.94. The predicted octanol–water partition coefficient (Wildman–Crippen LogP) is 3.77. The molecule has 226 valence electrons. The standard InChI is InChI=1S/C34H36O9/c1-19-15-32-23-17-30(3,18-24(32)35)42-31(23,4)34(39,43-32)33(38)16-20(2)27(41-29(37)22-13-9-6-10-14-22)25(33)26(19)40-28(36)21-11-7-5-8-12-21/h5-14,20,23,25-27,38-39H,1,15-18H2,2-4H3/t20-,23-,25-,26-,27-,30-,31+,32+,33+,34+/m0/s1. The van der Waals surface area contributed by atoms with E-state index in [4.69, 9.17) is 18.9 Å². The zero-order chi connectivity index (χ0) is 30.6. The summed E-state index contributed by atoms with van der Waals surface area (Å²) in [6.45, 7) is 9.61. The van der Waals surface area contributed by atoms with Gasteiger partial charge in [0.05, 0.1) is 22.6 Å². The Kier molecular flexibility index (Phi) is 6.00. The Hall–Kier alpha value is -3.37. The molecule has 5 fully saturated rings. The number of carbonyl (C=O) groups is 3. The average molecular weight is 589 g/mol. The Morgan fingerprint density at radius 1 is 0.884 bits per heavy atom. The van der Waals surface area contributed by atoms with Crippen LogP contribution in [0.2, 0.25) is 0 Å². The monoisotopic (exact) mass is 588 g/mol. The van der Waals surface area contributed by atoms with Crippen molar-refractivity contribution in [3.8, 4) is 0 Å². The van der Waals surface area contributed by atoms with E-state index < -0.39 is 70.1 Å². The smallest absolute Gasteiger partial charge is 0.338 e. The molecule has 4 bridgehead atoms. The van der Waals surface area contributed by atoms with Crippen LogP contribution < -0.4 is 0 Å². The number of benzene rings is 2. The molecular weight excluding hydrogens is 552 g/mol. The first kappa shape index (κ1) is 28.4. The molecule has 2 aromatic rings. The summed E-state index contributed by atoms with van der Waals surface area (Å²) in [6.07, 6.45) is -1.88. The molecule has 0 radical (unpaired) electrons. The summed E-state index contributed by atoms with van der Waals surface area (Å²) in [7, 11) is 0. The highest BCUT2D eigenvalue weighted by molar-refractivity contribution is 5.92. The van der Waals surface area contributed by atoms with Crippen molar-refractivity contribution in [2.75, 3.05) is 0 Å². The Balaban J connectivity index is 1.38. The van der Waals surface area contributed by atoms with Gasteiger partial charge in [-0.3, -0.25) is 4.79 Å². The number of ether oxygens (including phenoxy) is 4. The second-order valence-corrected chi connectivity index (χ2v) is 13.5. The average Bonchev–Trinajstić information content (AvgIpc) is 3.45. The third kappa shape index (κ3) is 3.68. The Labute approximate surface area is 249 Å². The highest BCUT2D eigenvalue weighted by atomic mass is 16.7. The lowest BCUT2D eigenvalue weighted by Gasteiger charge is -2.53. The molecule has 9 heteroatoms. The van der Waals surface area contributed by atoms with Crippen molar-refractivity contribution in [2.24, 2.45) is 17.8 Å². The summed E-state index contributed by atoms with van der Waals surface area (Å²) in [6, 6.07) is 16.8. The number of hydrogen-bond acceptors (Lipinski definition) is 9. The third-order valence-corrected chi connectivity index (χ3v) is 10.7. The molecule has 2 N–H and O–H groups in total. The van der Waals surface area contributed by atoms with E-state index in [1.165, 1.54) is 0 Å². The molecule has 1 spiro atoms. The number of carbonyl (C=O) groups excluding carboxylic acids is 3. The van der Waals surface area contributed by atoms with Crippen LogP contribution in [-0.4, -0.2) is 68.3 Å². The molecule has 2 aromatic carbocycles. The van der Waals surface area contributed by atoms with Gasteiger partial charge in [-0.2, -0.15) is 0 Å². The van der Waals surface area contributed by atoms with E-state index in [0.717, 1.165) is 0 Å². The quantitative estimate of drug-likeness (QED) is 0.405. The maximum absolute atomic E-state index is 13.9. The second kappa shape index (κ2) is 9.08. The number of rotatable bonds is 4. The molecule has 9 nitrogen and oxygen atoms in total. The predicted molar refractivity (Wildman–Crippen MR) is 152 cm³/mol. The minimum absolute atomic E-state index is 0.0547. The topological polar surface area (TPSA) is 129 Å². The highest BCUT2D eigenvalue weighted by Gasteiger charge is 2.86. The van der Waals surface area contributed by atoms with Crippen molar-refractivity contribution in [2.45, 2.75) is 86.9 Å². The lowest BCUT2D eigenvalue weighted by Crippen LogP contribution is -2.71. The van der Waals surface area contributed by atoms with Crippen LogP contribution in [0.3, 0.4) is 0 Å². The zero-order valence-corrected chi connectivity index (χ0v) is 24.4. The van der Waals surface area contributed by atoms with Crippen molar-refractivity contribution in [1.82, 2.24) is 0 Å². The first-order chi connectivity index (χ1) is 20.3. The number of Topliss-reactive ketones (excluding diaryl/α,β-unsaturated/α-hetero) is 1. The number of esters is 2. The maximum Gasteiger partial charge on any atom is 0.338 e. The molecule has 2 aliphatic carbocycles. The summed E-state index contributed by atoms with van der Waals surface area (Å²) >= 11 is 0. The van der Waals surface area contributed by atoms with Crippen molar-refractivity contribution >= 4 is 17.7 Å². The summed E-state index contributed by atoms with van der Waals surface area (Å²) in [5, 5.41) is 25.6. The summed E-state index contributed by atoms with van der Waals surface area (Å²) in [5.74, 6) is -6.25. The molecule has 3 aliphatic heterocycles. The van der Waals surface area contributed by atoms with Crippen LogP contribution in [0.1, 0.15) is 67.2 Å². The van der Waals surface area contributed by atoms with Gasteiger partial charge in [-0.25, -0.2) is 9.59 Å². The van der Waals surface area contributed by atoms with Gasteiger partial charge in [-0.05, 0) is 62.4 Å². The fourth-order valence-corrected chi connectivity index (χ4v) is 8.94. The van der Waals surface area contributed by atoms with Gasteiger partial charge in [0.15, 0.2) is 5.78 Å². The molecule has 3 heterocycles. The first-order valence-electron chi connectivity index (χ1n) is 14.9. The lowest BCUT2D eigenvalue weighted by molar-refractivity contribution is -0.379. The number of hydrogen-bond donors (Lipinski definition) is 2. The summed E-state index contributed by atoms with van der Waals surface area (Å²) in [4.78, 5) is 40.8.